The van der Waals surface area contributed by atoms with Crippen molar-refractivity contribution in [3.63, 3.8) is 0 Å². The summed E-state index contributed by atoms with van der Waals surface area (Å²) in [5.74, 6) is 0. The van der Waals surface area contributed by atoms with Crippen molar-refractivity contribution >= 4 is 17.6 Å². The summed E-state index contributed by atoms with van der Waals surface area (Å²) in [7, 11) is 0. The van der Waals surface area contributed by atoms with Crippen molar-refractivity contribution in [3.05, 3.63) is 12.2 Å². The Morgan fingerprint density at radius 2 is 2.20 bits per heavy atom. The summed E-state index contributed by atoms with van der Waals surface area (Å²) in [5, 5.41) is 2.42. The highest BCUT2D eigenvalue weighted by Gasteiger charge is 1.63. The number of rotatable bonds is 1. The Hall–Kier alpha value is -0.170. The highest BCUT2D eigenvalue weighted by Crippen LogP contribution is 1.74. The Balaban J connectivity index is 3.20. The van der Waals surface area contributed by atoms with E-state index in [1.807, 2.05) is 6.92 Å². The number of hydrogen-bond acceptors (Lipinski definition) is 1. The van der Waals surface area contributed by atoms with Crippen molar-refractivity contribution in [1.29, 1.82) is 0 Å². The molecule has 0 fully saturated rings. The van der Waals surface area contributed by atoms with Gasteiger partial charge in [0.1, 0.15) is 0 Å². The SMILES string of the molecule is C=C(C)[C]=S. The highest BCUT2D eigenvalue weighted by molar-refractivity contribution is 7.79. The molecule has 0 aromatic carbocycles. The maximum Gasteiger partial charge on any atom is 0.0583 e. The van der Waals surface area contributed by atoms with Gasteiger partial charge < -0.3 is 0 Å². The monoisotopic (exact) mass is 85.0 g/mol. The normalized spacial score (nSPS) is 6.60. The molecule has 0 aromatic rings. The molecule has 0 rings (SSSR count). The van der Waals surface area contributed by atoms with Gasteiger partial charge in [-0.3, -0.25) is 0 Å². The van der Waals surface area contributed by atoms with Gasteiger partial charge in [0.05, 0.1) is 5.37 Å². The molecule has 1 radical (unpaired) electrons. The average molecular weight is 85.2 g/mol. The van der Waals surface area contributed by atoms with E-state index in [1.165, 1.54) is 0 Å². The highest BCUT2D eigenvalue weighted by atomic mass is 32.1. The molecule has 0 bridgehead atoms. The molecular formula is C4H5S. The van der Waals surface area contributed by atoms with Crippen LogP contribution in [0.4, 0.5) is 0 Å². The van der Waals surface area contributed by atoms with Crippen LogP contribution in [0.2, 0.25) is 0 Å². The maximum absolute atomic E-state index is 4.33. The Kier molecular flexibility index (Phi) is 2.02. The van der Waals surface area contributed by atoms with E-state index in [4.69, 9.17) is 0 Å². The van der Waals surface area contributed by atoms with Crippen LogP contribution < -0.4 is 0 Å². The molecule has 0 aliphatic rings. The fourth-order valence-corrected chi connectivity index (χ4v) is 0. The molecule has 0 spiro atoms. The van der Waals surface area contributed by atoms with Crippen LogP contribution in [0.25, 0.3) is 0 Å². The molecule has 0 saturated heterocycles. The van der Waals surface area contributed by atoms with Gasteiger partial charge in [-0.1, -0.05) is 18.8 Å². The molecule has 0 heterocycles. The molecule has 0 nitrogen and oxygen atoms in total. The van der Waals surface area contributed by atoms with E-state index in [9.17, 15) is 0 Å². The zero-order chi connectivity index (χ0) is 4.28. The molecule has 0 aliphatic heterocycles. The summed E-state index contributed by atoms with van der Waals surface area (Å²) in [6.45, 7) is 5.27. The average Bonchev–Trinajstić information content (AvgIpc) is 1.38. The summed E-state index contributed by atoms with van der Waals surface area (Å²) in [6.07, 6.45) is 0. The number of thiocarbonyl (C=S) groups is 1. The van der Waals surface area contributed by atoms with Gasteiger partial charge in [-0.05, 0) is 12.5 Å². The minimum absolute atomic E-state index is 0.819. The maximum atomic E-state index is 4.33. The van der Waals surface area contributed by atoms with Crippen LogP contribution in [0.3, 0.4) is 0 Å². The minimum atomic E-state index is 0.819. The van der Waals surface area contributed by atoms with Crippen molar-refractivity contribution < 1.29 is 0 Å². The van der Waals surface area contributed by atoms with Gasteiger partial charge in [0.2, 0.25) is 0 Å². The lowest BCUT2D eigenvalue weighted by molar-refractivity contribution is 1.69. The fourth-order valence-electron chi connectivity index (χ4n) is 0. The summed E-state index contributed by atoms with van der Waals surface area (Å²) in [6, 6.07) is 0. The van der Waals surface area contributed by atoms with Crippen LogP contribution in [0, 0.1) is 0 Å². The molecule has 0 unspecified atom stereocenters. The zero-order valence-electron chi connectivity index (χ0n) is 3.12. The van der Waals surface area contributed by atoms with Crippen LogP contribution in [-0.2, 0) is 0 Å². The minimum Gasteiger partial charge on any atom is -0.0946 e. The molecule has 5 heavy (non-hydrogen) atoms. The first kappa shape index (κ1) is 4.83. The van der Waals surface area contributed by atoms with E-state index in [0.717, 1.165) is 5.57 Å². The van der Waals surface area contributed by atoms with Crippen molar-refractivity contribution in [2.75, 3.05) is 0 Å². The van der Waals surface area contributed by atoms with Gasteiger partial charge in [-0.25, -0.2) is 0 Å². The van der Waals surface area contributed by atoms with E-state index in [2.05, 4.69) is 24.2 Å². The Morgan fingerprint density at radius 1 is 2.00 bits per heavy atom. The molecule has 27 valence electrons. The molecule has 0 aromatic heterocycles. The van der Waals surface area contributed by atoms with E-state index in [0.29, 0.717) is 0 Å². The molecular weight excluding hydrogens is 80.1 g/mol. The van der Waals surface area contributed by atoms with Crippen LogP contribution in [0.1, 0.15) is 6.92 Å². The Morgan fingerprint density at radius 3 is 2.20 bits per heavy atom. The van der Waals surface area contributed by atoms with Gasteiger partial charge in [0.15, 0.2) is 0 Å². The van der Waals surface area contributed by atoms with Gasteiger partial charge in [-0.2, -0.15) is 0 Å². The number of allylic oxidation sites excluding steroid dienone is 1. The molecule has 0 saturated carbocycles. The third kappa shape index (κ3) is 3.83. The third-order valence-corrected chi connectivity index (χ3v) is 0.523. The van der Waals surface area contributed by atoms with E-state index < -0.39 is 0 Å². The predicted octanol–water partition coefficient (Wildman–Crippen LogP) is 1.44. The molecule has 0 amide bonds. The Bertz CT molecular complexity index is 54.7. The quantitative estimate of drug-likeness (QED) is 0.343. The van der Waals surface area contributed by atoms with Crippen molar-refractivity contribution in [2.45, 2.75) is 6.92 Å². The van der Waals surface area contributed by atoms with Crippen molar-refractivity contribution in [2.24, 2.45) is 0 Å². The second-order valence-electron chi connectivity index (χ2n) is 0.882. The van der Waals surface area contributed by atoms with E-state index in [-0.39, 0.29) is 0 Å². The first-order valence-corrected chi connectivity index (χ1v) is 1.72. The van der Waals surface area contributed by atoms with E-state index >= 15 is 0 Å². The van der Waals surface area contributed by atoms with Gasteiger partial charge in [-0.15, -0.1) is 0 Å². The largest absolute Gasteiger partial charge is 0.0946 e. The Labute approximate surface area is 37.5 Å². The first-order valence-electron chi connectivity index (χ1n) is 1.31. The molecule has 0 aliphatic carbocycles. The lowest BCUT2D eigenvalue weighted by atomic mass is 10.4. The fraction of sp³-hybridized carbons (Fsp3) is 0.250. The smallest absolute Gasteiger partial charge is 0.0583 e. The van der Waals surface area contributed by atoms with Gasteiger partial charge in [0.25, 0.3) is 0 Å². The van der Waals surface area contributed by atoms with Crippen LogP contribution in [0.5, 0.6) is 0 Å². The second-order valence-corrected chi connectivity index (χ2v) is 1.09. The standard InChI is InChI=1S/C4H5S/c1-4(2)3-5/h1H2,2H3. The summed E-state index contributed by atoms with van der Waals surface area (Å²) in [4.78, 5) is 0. The summed E-state index contributed by atoms with van der Waals surface area (Å²) in [5.41, 5.74) is 0.819. The topological polar surface area (TPSA) is 0 Å². The zero-order valence-corrected chi connectivity index (χ0v) is 3.93. The van der Waals surface area contributed by atoms with E-state index in [1.54, 1.807) is 0 Å². The van der Waals surface area contributed by atoms with Crippen LogP contribution in [0.15, 0.2) is 12.2 Å². The van der Waals surface area contributed by atoms with Crippen molar-refractivity contribution in [3.8, 4) is 0 Å². The molecule has 1 heteroatoms. The van der Waals surface area contributed by atoms with Crippen LogP contribution >= 0.6 is 12.2 Å². The van der Waals surface area contributed by atoms with Crippen LogP contribution in [-0.4, -0.2) is 5.37 Å². The van der Waals surface area contributed by atoms with Crippen molar-refractivity contribution in [1.82, 2.24) is 0 Å². The third-order valence-electron chi connectivity index (χ3n) is 0.174. The summed E-state index contributed by atoms with van der Waals surface area (Å²) >= 11 is 4.33. The lowest BCUT2D eigenvalue weighted by Gasteiger charge is -1.67. The predicted molar refractivity (Wildman–Crippen MR) is 27.4 cm³/mol. The first-order chi connectivity index (χ1) is 2.27. The molecule has 0 atom stereocenters. The molecule has 0 N–H and O–H groups in total. The second kappa shape index (κ2) is 2.09. The van der Waals surface area contributed by atoms with Gasteiger partial charge in [0, 0.05) is 0 Å². The summed E-state index contributed by atoms with van der Waals surface area (Å²) < 4.78 is 0. The number of hydrogen-bond donors (Lipinski definition) is 0. The lowest BCUT2D eigenvalue weighted by Crippen LogP contribution is -1.60. The van der Waals surface area contributed by atoms with Gasteiger partial charge >= 0.3 is 0 Å².